The van der Waals surface area contributed by atoms with Crippen LogP contribution < -0.4 is 0 Å². The van der Waals surface area contributed by atoms with Gasteiger partial charge in [0, 0.05) is 12.4 Å². The van der Waals surface area contributed by atoms with E-state index in [1.165, 1.54) is 0 Å². The van der Waals surface area contributed by atoms with Crippen molar-refractivity contribution in [2.24, 2.45) is 0 Å². The lowest BCUT2D eigenvalue weighted by atomic mass is 10.0. The fourth-order valence-electron chi connectivity index (χ4n) is 1.39. The topological polar surface area (TPSA) is 60.7 Å². The highest BCUT2D eigenvalue weighted by atomic mass is 32.1. The van der Waals surface area contributed by atoms with Gasteiger partial charge >= 0.3 is 0 Å². The summed E-state index contributed by atoms with van der Waals surface area (Å²) in [4.78, 5) is 0. The lowest BCUT2D eigenvalue weighted by molar-refractivity contribution is 0.00419. The molecule has 0 fully saturated rings. The highest BCUT2D eigenvalue weighted by Gasteiger charge is 2.17. The molecular weight excluding hydrogens is 212 g/mol. The predicted molar refractivity (Wildman–Crippen MR) is 61.8 cm³/mol. The van der Waals surface area contributed by atoms with E-state index in [4.69, 9.17) is 5.11 Å². The second-order valence-electron chi connectivity index (χ2n) is 3.43. The summed E-state index contributed by atoms with van der Waals surface area (Å²) in [5, 5.41) is 27.9. The molecule has 0 aliphatic rings. The largest absolute Gasteiger partial charge is 0.396 e. The van der Waals surface area contributed by atoms with E-state index in [0.717, 1.165) is 5.56 Å². The molecule has 84 valence electrons. The van der Waals surface area contributed by atoms with E-state index in [-0.39, 0.29) is 13.0 Å². The Morgan fingerprint density at radius 3 is 2.60 bits per heavy atom. The van der Waals surface area contributed by atoms with Crippen molar-refractivity contribution in [2.45, 2.75) is 24.4 Å². The molecule has 2 atom stereocenters. The van der Waals surface area contributed by atoms with E-state index in [2.05, 4.69) is 12.6 Å². The van der Waals surface area contributed by atoms with Crippen LogP contribution in [0.4, 0.5) is 0 Å². The first-order chi connectivity index (χ1) is 7.19. The second kappa shape index (κ2) is 6.12. The van der Waals surface area contributed by atoms with Gasteiger partial charge < -0.3 is 15.3 Å². The summed E-state index contributed by atoms with van der Waals surface area (Å²) in [6.45, 7) is -0.134. The van der Waals surface area contributed by atoms with Crippen molar-refractivity contribution < 1.29 is 15.3 Å². The Bertz CT molecular complexity index is 304. The molecule has 0 aromatic heterocycles. The Morgan fingerprint density at radius 2 is 2.00 bits per heavy atom. The van der Waals surface area contributed by atoms with E-state index in [0.29, 0.717) is 11.3 Å². The lowest BCUT2D eigenvalue weighted by Gasteiger charge is -2.17. The van der Waals surface area contributed by atoms with Crippen molar-refractivity contribution in [3.05, 3.63) is 35.4 Å². The van der Waals surface area contributed by atoms with Crippen LogP contribution in [0.15, 0.2) is 24.3 Å². The van der Waals surface area contributed by atoms with E-state index < -0.39 is 12.2 Å². The molecule has 0 saturated carbocycles. The third kappa shape index (κ3) is 3.50. The maximum Gasteiger partial charge on any atom is 0.105 e. The summed E-state index contributed by atoms with van der Waals surface area (Å²) >= 11 is 4.13. The SMILES string of the molecule is OCCC(O)C(O)c1cccc(CS)c1. The maximum absolute atomic E-state index is 9.75. The fourth-order valence-corrected chi connectivity index (χ4v) is 1.58. The monoisotopic (exact) mass is 228 g/mol. The number of thiol groups is 1. The molecule has 0 aliphatic carbocycles. The van der Waals surface area contributed by atoms with Gasteiger partial charge in [0.1, 0.15) is 6.10 Å². The Morgan fingerprint density at radius 1 is 1.27 bits per heavy atom. The van der Waals surface area contributed by atoms with Gasteiger partial charge in [0.15, 0.2) is 0 Å². The van der Waals surface area contributed by atoms with Crippen molar-refractivity contribution in [1.29, 1.82) is 0 Å². The van der Waals surface area contributed by atoms with Gasteiger partial charge in [0.05, 0.1) is 6.10 Å². The second-order valence-corrected chi connectivity index (χ2v) is 3.74. The molecule has 0 bridgehead atoms. The Hall–Kier alpha value is -0.550. The van der Waals surface area contributed by atoms with Crippen LogP contribution in [0.3, 0.4) is 0 Å². The van der Waals surface area contributed by atoms with Gasteiger partial charge in [-0.3, -0.25) is 0 Å². The molecule has 0 heterocycles. The first kappa shape index (κ1) is 12.5. The van der Waals surface area contributed by atoms with Crippen LogP contribution in [0, 0.1) is 0 Å². The van der Waals surface area contributed by atoms with Crippen LogP contribution >= 0.6 is 12.6 Å². The van der Waals surface area contributed by atoms with Crippen molar-refractivity contribution in [1.82, 2.24) is 0 Å². The zero-order valence-electron chi connectivity index (χ0n) is 8.37. The lowest BCUT2D eigenvalue weighted by Crippen LogP contribution is -2.19. The number of aliphatic hydroxyl groups excluding tert-OH is 3. The van der Waals surface area contributed by atoms with Gasteiger partial charge in [-0.05, 0) is 17.5 Å². The van der Waals surface area contributed by atoms with Crippen LogP contribution in [0.5, 0.6) is 0 Å². The summed E-state index contributed by atoms with van der Waals surface area (Å²) in [6.07, 6.45) is -1.70. The Kier molecular flexibility index (Phi) is 5.11. The first-order valence-electron chi connectivity index (χ1n) is 4.85. The molecular formula is C11H16O3S. The number of hydrogen-bond acceptors (Lipinski definition) is 4. The van der Waals surface area contributed by atoms with Crippen molar-refractivity contribution >= 4 is 12.6 Å². The van der Waals surface area contributed by atoms with E-state index >= 15 is 0 Å². The molecule has 0 spiro atoms. The van der Waals surface area contributed by atoms with Gasteiger partial charge in [0.25, 0.3) is 0 Å². The van der Waals surface area contributed by atoms with Gasteiger partial charge in [-0.1, -0.05) is 24.3 Å². The molecule has 3 N–H and O–H groups in total. The molecule has 0 radical (unpaired) electrons. The summed E-state index contributed by atoms with van der Waals surface area (Å²) < 4.78 is 0. The van der Waals surface area contributed by atoms with Crippen molar-refractivity contribution in [3.63, 3.8) is 0 Å². The molecule has 4 heteroatoms. The smallest absolute Gasteiger partial charge is 0.105 e. The average Bonchev–Trinajstić information content (AvgIpc) is 2.28. The van der Waals surface area contributed by atoms with Crippen LogP contribution in [0.25, 0.3) is 0 Å². The van der Waals surface area contributed by atoms with Gasteiger partial charge in [-0.2, -0.15) is 12.6 Å². The third-order valence-electron chi connectivity index (χ3n) is 2.26. The average molecular weight is 228 g/mol. The number of rotatable bonds is 5. The minimum absolute atomic E-state index is 0.134. The standard InChI is InChI=1S/C11H16O3S/c12-5-4-10(13)11(14)9-3-1-2-8(6-9)7-15/h1-3,6,10-15H,4-5,7H2. The van der Waals surface area contributed by atoms with E-state index in [1.54, 1.807) is 12.1 Å². The molecule has 3 nitrogen and oxygen atoms in total. The van der Waals surface area contributed by atoms with Crippen LogP contribution in [0.1, 0.15) is 23.7 Å². The highest BCUT2D eigenvalue weighted by Crippen LogP contribution is 2.20. The molecule has 1 aromatic rings. The number of benzene rings is 1. The molecule has 2 unspecified atom stereocenters. The normalized spacial score (nSPS) is 14.9. The van der Waals surface area contributed by atoms with Gasteiger partial charge in [-0.15, -0.1) is 0 Å². The van der Waals surface area contributed by atoms with E-state index in [9.17, 15) is 10.2 Å². The first-order valence-corrected chi connectivity index (χ1v) is 5.49. The minimum Gasteiger partial charge on any atom is -0.396 e. The van der Waals surface area contributed by atoms with Crippen LogP contribution in [0.2, 0.25) is 0 Å². The highest BCUT2D eigenvalue weighted by molar-refractivity contribution is 7.79. The molecule has 1 aromatic carbocycles. The number of aliphatic hydroxyl groups is 3. The zero-order chi connectivity index (χ0) is 11.3. The molecule has 15 heavy (non-hydrogen) atoms. The summed E-state index contributed by atoms with van der Waals surface area (Å²) in [5.41, 5.74) is 1.65. The number of hydrogen-bond donors (Lipinski definition) is 4. The Balaban J connectivity index is 2.76. The molecule has 0 aliphatic heterocycles. The van der Waals surface area contributed by atoms with E-state index in [1.807, 2.05) is 12.1 Å². The summed E-state index contributed by atoms with van der Waals surface area (Å²) in [6, 6.07) is 7.27. The van der Waals surface area contributed by atoms with Crippen LogP contribution in [-0.4, -0.2) is 28.0 Å². The Labute approximate surface area is 94.8 Å². The minimum atomic E-state index is -0.947. The maximum atomic E-state index is 9.75. The van der Waals surface area contributed by atoms with Crippen molar-refractivity contribution in [3.8, 4) is 0 Å². The zero-order valence-corrected chi connectivity index (χ0v) is 9.27. The summed E-state index contributed by atoms with van der Waals surface area (Å²) in [7, 11) is 0. The summed E-state index contributed by atoms with van der Waals surface area (Å²) in [5.74, 6) is 0.594. The predicted octanol–water partition coefficient (Wildman–Crippen LogP) is 0.893. The van der Waals surface area contributed by atoms with Crippen molar-refractivity contribution in [2.75, 3.05) is 6.61 Å². The van der Waals surface area contributed by atoms with Gasteiger partial charge in [-0.25, -0.2) is 0 Å². The third-order valence-corrected chi connectivity index (χ3v) is 2.63. The van der Waals surface area contributed by atoms with Crippen LogP contribution in [-0.2, 0) is 5.75 Å². The molecule has 0 amide bonds. The quantitative estimate of drug-likeness (QED) is 0.566. The van der Waals surface area contributed by atoms with Gasteiger partial charge in [0.2, 0.25) is 0 Å². The fraction of sp³-hybridized carbons (Fsp3) is 0.455. The molecule has 1 rings (SSSR count). The molecule has 0 saturated heterocycles.